The van der Waals surface area contributed by atoms with Crippen LogP contribution in [0.15, 0.2) is 71.3 Å². The number of hydrogen-bond donors (Lipinski definition) is 1. The van der Waals surface area contributed by atoms with Crippen molar-refractivity contribution in [2.45, 2.75) is 57.8 Å². The van der Waals surface area contributed by atoms with Crippen molar-refractivity contribution in [2.75, 3.05) is 13.1 Å². The summed E-state index contributed by atoms with van der Waals surface area (Å²) in [7, 11) is 0. The molecule has 0 aliphatic carbocycles. The zero-order valence-electron chi connectivity index (χ0n) is 22.6. The van der Waals surface area contributed by atoms with Crippen LogP contribution in [0.5, 0.6) is 0 Å². The summed E-state index contributed by atoms with van der Waals surface area (Å²) in [4.78, 5) is 56.9. The highest BCUT2D eigenvalue weighted by molar-refractivity contribution is 5.94. The Morgan fingerprint density at radius 2 is 1.62 bits per heavy atom. The van der Waals surface area contributed by atoms with Crippen molar-refractivity contribution < 1.29 is 33.1 Å². The molecule has 1 aliphatic rings. The van der Waals surface area contributed by atoms with Gasteiger partial charge in [-0.2, -0.15) is 0 Å². The van der Waals surface area contributed by atoms with E-state index >= 15 is 0 Å². The summed E-state index contributed by atoms with van der Waals surface area (Å²) < 4.78 is 16.1. The molecule has 4 rings (SSSR count). The molecule has 2 heterocycles. The topological polar surface area (TPSA) is 128 Å². The highest BCUT2D eigenvalue weighted by Crippen LogP contribution is 2.33. The predicted octanol–water partition coefficient (Wildman–Crippen LogP) is 3.15. The van der Waals surface area contributed by atoms with Gasteiger partial charge in [-0.3, -0.25) is 19.2 Å². The third-order valence-electron chi connectivity index (χ3n) is 6.55. The molecule has 1 fully saturated rings. The standard InChI is InChI=1S/C30H33N3O7/c1-20(34)39-27(29(36)31-16-15-26-32-24(19-38-26)18-22-10-5-3-6-11-22)28(40-21(2)35)30(37)33-17-9-14-25(33)23-12-7-4-8-13-23/h3-8,10-13,19,25,27-28H,9,14-18H2,1-2H3,(H,31,36)/t25?,27-,28-/m1/s1. The normalized spacial score (nSPS) is 16.1. The van der Waals surface area contributed by atoms with E-state index in [9.17, 15) is 19.2 Å². The number of nitrogens with one attached hydrogen (secondary N) is 1. The van der Waals surface area contributed by atoms with E-state index in [-0.39, 0.29) is 19.0 Å². The largest absolute Gasteiger partial charge is 0.449 e. The van der Waals surface area contributed by atoms with Gasteiger partial charge < -0.3 is 24.1 Å². The second-order valence-corrected chi connectivity index (χ2v) is 9.60. The van der Waals surface area contributed by atoms with E-state index in [0.29, 0.717) is 18.9 Å². The van der Waals surface area contributed by atoms with Crippen LogP contribution in [0.3, 0.4) is 0 Å². The summed E-state index contributed by atoms with van der Waals surface area (Å²) in [5.74, 6) is -2.50. The first kappa shape index (κ1) is 28.5. The lowest BCUT2D eigenvalue weighted by Gasteiger charge is -2.31. The fraction of sp³-hybridized carbons (Fsp3) is 0.367. The first-order chi connectivity index (χ1) is 19.3. The van der Waals surface area contributed by atoms with Gasteiger partial charge in [0, 0.05) is 39.8 Å². The third-order valence-corrected chi connectivity index (χ3v) is 6.55. The molecule has 0 saturated carbocycles. The number of carbonyl (C=O) groups excluding carboxylic acids is 4. The molecular formula is C30H33N3O7. The van der Waals surface area contributed by atoms with Crippen molar-refractivity contribution >= 4 is 23.8 Å². The van der Waals surface area contributed by atoms with Crippen molar-refractivity contribution in [2.24, 2.45) is 0 Å². The number of rotatable bonds is 11. The second kappa shape index (κ2) is 13.5. The molecule has 1 N–H and O–H groups in total. The molecule has 2 aromatic carbocycles. The van der Waals surface area contributed by atoms with E-state index in [2.05, 4.69) is 10.3 Å². The lowest BCUT2D eigenvalue weighted by Crippen LogP contribution is -2.54. The molecule has 1 aliphatic heterocycles. The molecule has 3 aromatic rings. The molecule has 1 saturated heterocycles. The minimum atomic E-state index is -1.66. The van der Waals surface area contributed by atoms with Gasteiger partial charge in [0.15, 0.2) is 5.89 Å². The summed E-state index contributed by atoms with van der Waals surface area (Å²) in [6.45, 7) is 2.77. The third kappa shape index (κ3) is 7.56. The van der Waals surface area contributed by atoms with Gasteiger partial charge in [-0.1, -0.05) is 60.7 Å². The van der Waals surface area contributed by atoms with Crippen LogP contribution in [0.25, 0.3) is 0 Å². The van der Waals surface area contributed by atoms with E-state index in [1.807, 2.05) is 60.7 Å². The maximum Gasteiger partial charge on any atom is 0.303 e. The van der Waals surface area contributed by atoms with E-state index < -0.39 is 36.0 Å². The number of amides is 2. The van der Waals surface area contributed by atoms with Gasteiger partial charge in [0.2, 0.25) is 12.2 Å². The minimum Gasteiger partial charge on any atom is -0.449 e. The summed E-state index contributed by atoms with van der Waals surface area (Å²) in [5.41, 5.74) is 2.78. The van der Waals surface area contributed by atoms with Gasteiger partial charge in [0.1, 0.15) is 6.26 Å². The Hall–Kier alpha value is -4.47. The smallest absolute Gasteiger partial charge is 0.303 e. The van der Waals surface area contributed by atoms with Crippen LogP contribution in [0.2, 0.25) is 0 Å². The number of carbonyl (C=O) groups is 4. The molecule has 10 heteroatoms. The molecule has 0 bridgehead atoms. The average molecular weight is 548 g/mol. The summed E-state index contributed by atoms with van der Waals surface area (Å²) in [5, 5.41) is 2.66. The van der Waals surface area contributed by atoms with E-state index in [4.69, 9.17) is 13.9 Å². The number of nitrogens with zero attached hydrogens (tertiary/aromatic N) is 2. The van der Waals surface area contributed by atoms with Crippen LogP contribution in [-0.4, -0.2) is 58.9 Å². The van der Waals surface area contributed by atoms with Gasteiger partial charge in [-0.25, -0.2) is 4.98 Å². The van der Waals surface area contributed by atoms with Crippen LogP contribution in [0.1, 0.15) is 55.4 Å². The predicted molar refractivity (Wildman–Crippen MR) is 144 cm³/mol. The highest BCUT2D eigenvalue weighted by Gasteiger charge is 2.44. The Morgan fingerprint density at radius 1 is 0.975 bits per heavy atom. The molecule has 2 amide bonds. The van der Waals surface area contributed by atoms with Crippen molar-refractivity contribution in [1.29, 1.82) is 0 Å². The number of benzene rings is 2. The van der Waals surface area contributed by atoms with Crippen molar-refractivity contribution in [3.8, 4) is 0 Å². The van der Waals surface area contributed by atoms with Crippen LogP contribution < -0.4 is 5.32 Å². The van der Waals surface area contributed by atoms with Crippen molar-refractivity contribution in [3.63, 3.8) is 0 Å². The van der Waals surface area contributed by atoms with Crippen LogP contribution in [0, 0.1) is 0 Å². The zero-order chi connectivity index (χ0) is 28.5. The number of ether oxygens (including phenoxy) is 2. The van der Waals surface area contributed by atoms with Crippen LogP contribution in [-0.2, 0) is 41.5 Å². The molecule has 40 heavy (non-hydrogen) atoms. The Kier molecular flexibility index (Phi) is 9.66. The first-order valence-corrected chi connectivity index (χ1v) is 13.3. The Bertz CT molecular complexity index is 1310. The number of aromatic nitrogens is 1. The van der Waals surface area contributed by atoms with Crippen molar-refractivity contribution in [3.05, 3.63) is 89.6 Å². The number of likely N-dealkylation sites (tertiary alicyclic amines) is 1. The molecule has 1 aromatic heterocycles. The van der Waals surface area contributed by atoms with E-state index in [1.54, 1.807) is 11.2 Å². The molecule has 10 nitrogen and oxygen atoms in total. The molecule has 3 atom stereocenters. The lowest BCUT2D eigenvalue weighted by atomic mass is 10.0. The number of oxazole rings is 1. The summed E-state index contributed by atoms with van der Waals surface area (Å²) in [6.07, 6.45) is 0.606. The van der Waals surface area contributed by atoms with Gasteiger partial charge in [0.05, 0.1) is 11.7 Å². The Labute approximate surface area is 232 Å². The lowest BCUT2D eigenvalue weighted by molar-refractivity contribution is -0.178. The molecule has 0 radical (unpaired) electrons. The second-order valence-electron chi connectivity index (χ2n) is 9.60. The fourth-order valence-electron chi connectivity index (χ4n) is 4.81. The monoisotopic (exact) mass is 547 g/mol. The van der Waals surface area contributed by atoms with Gasteiger partial charge in [0.25, 0.3) is 11.8 Å². The SMILES string of the molecule is CC(=O)O[C@@H](C(=O)NCCc1nc(Cc2ccccc2)co1)[C@@H](OC(C)=O)C(=O)N1CCCC1c1ccccc1. The van der Waals surface area contributed by atoms with Gasteiger partial charge in [-0.15, -0.1) is 0 Å². The zero-order valence-corrected chi connectivity index (χ0v) is 22.6. The molecule has 1 unspecified atom stereocenters. The first-order valence-electron chi connectivity index (χ1n) is 13.3. The van der Waals surface area contributed by atoms with Gasteiger partial charge >= 0.3 is 11.9 Å². The quantitative estimate of drug-likeness (QED) is 0.363. The fourth-order valence-corrected chi connectivity index (χ4v) is 4.81. The summed E-state index contributed by atoms with van der Waals surface area (Å²) in [6, 6.07) is 19.1. The Balaban J connectivity index is 1.43. The number of esters is 2. The van der Waals surface area contributed by atoms with Crippen molar-refractivity contribution in [1.82, 2.24) is 15.2 Å². The number of hydrogen-bond acceptors (Lipinski definition) is 8. The molecule has 0 spiro atoms. The van der Waals surface area contributed by atoms with E-state index in [0.717, 1.165) is 43.5 Å². The highest BCUT2D eigenvalue weighted by atomic mass is 16.6. The van der Waals surface area contributed by atoms with Crippen LogP contribution in [0.4, 0.5) is 0 Å². The van der Waals surface area contributed by atoms with E-state index in [1.165, 1.54) is 0 Å². The van der Waals surface area contributed by atoms with Crippen LogP contribution >= 0.6 is 0 Å². The summed E-state index contributed by atoms with van der Waals surface area (Å²) >= 11 is 0. The van der Waals surface area contributed by atoms with Gasteiger partial charge in [-0.05, 0) is 24.0 Å². The maximum absolute atomic E-state index is 13.7. The maximum atomic E-state index is 13.7. The average Bonchev–Trinajstić information content (AvgIpc) is 3.61. The minimum absolute atomic E-state index is 0.0965. The molecular weight excluding hydrogens is 514 g/mol. The Morgan fingerprint density at radius 3 is 2.30 bits per heavy atom. The molecule has 210 valence electrons.